The smallest absolute Gasteiger partial charge is 0.252 e. The second-order valence-electron chi connectivity index (χ2n) is 4.38. The van der Waals surface area contributed by atoms with Crippen molar-refractivity contribution in [1.29, 1.82) is 0 Å². The molecule has 0 fully saturated rings. The molecule has 4 heteroatoms. The molecule has 1 aromatic carbocycles. The van der Waals surface area contributed by atoms with Crippen molar-refractivity contribution in [3.63, 3.8) is 0 Å². The molecule has 0 radical (unpaired) electrons. The lowest BCUT2D eigenvalue weighted by Gasteiger charge is -2.19. The summed E-state index contributed by atoms with van der Waals surface area (Å²) in [6, 6.07) is 5.75. The number of benzene rings is 1. The van der Waals surface area contributed by atoms with Crippen molar-refractivity contribution in [2.24, 2.45) is 5.92 Å². The number of amides is 1. The molecule has 0 heterocycles. The topological polar surface area (TPSA) is 29.1 Å². The Labute approximate surface area is 116 Å². The fourth-order valence-electron chi connectivity index (χ4n) is 1.36. The van der Waals surface area contributed by atoms with Crippen LogP contribution in [0.15, 0.2) is 22.7 Å². The van der Waals surface area contributed by atoms with E-state index in [0.29, 0.717) is 11.4 Å². The maximum Gasteiger partial charge on any atom is 0.252 e. The first-order valence-electron chi connectivity index (χ1n) is 5.58. The molecule has 1 N–H and O–H groups in total. The van der Waals surface area contributed by atoms with Crippen LogP contribution in [-0.4, -0.2) is 17.8 Å². The van der Waals surface area contributed by atoms with Gasteiger partial charge in [0.25, 0.3) is 5.91 Å². The third kappa shape index (κ3) is 4.00. The Morgan fingerprint density at radius 3 is 2.65 bits per heavy atom. The predicted molar refractivity (Wildman–Crippen MR) is 75.7 cm³/mol. The molecule has 0 saturated heterocycles. The van der Waals surface area contributed by atoms with Crippen molar-refractivity contribution in [1.82, 2.24) is 5.32 Å². The largest absolute Gasteiger partial charge is 0.349 e. The van der Waals surface area contributed by atoms with Crippen molar-refractivity contribution < 1.29 is 4.79 Å². The maximum absolute atomic E-state index is 12.0. The third-order valence-electron chi connectivity index (χ3n) is 2.82. The molecular formula is C13H17BrClNO. The van der Waals surface area contributed by atoms with Crippen LogP contribution < -0.4 is 5.32 Å². The van der Waals surface area contributed by atoms with E-state index < -0.39 is 0 Å². The second-order valence-corrected chi connectivity index (χ2v) is 5.54. The lowest BCUT2D eigenvalue weighted by molar-refractivity contribution is 0.0930. The third-order valence-corrected chi connectivity index (χ3v) is 3.97. The average Bonchev–Trinajstić information content (AvgIpc) is 2.27. The minimum atomic E-state index is -0.0682. The van der Waals surface area contributed by atoms with Crippen LogP contribution in [-0.2, 0) is 0 Å². The molecule has 1 rings (SSSR count). The molecule has 0 aliphatic rings. The minimum absolute atomic E-state index is 0.0632. The van der Waals surface area contributed by atoms with E-state index in [4.69, 9.17) is 11.6 Å². The zero-order chi connectivity index (χ0) is 13.0. The molecule has 2 atom stereocenters. The van der Waals surface area contributed by atoms with Crippen molar-refractivity contribution in [2.75, 3.05) is 5.88 Å². The fraction of sp³-hybridized carbons (Fsp3) is 0.462. The number of rotatable bonds is 4. The summed E-state index contributed by atoms with van der Waals surface area (Å²) >= 11 is 9.17. The molecule has 0 aliphatic heterocycles. The Morgan fingerprint density at radius 1 is 1.47 bits per heavy atom. The van der Waals surface area contributed by atoms with E-state index in [1.54, 1.807) is 0 Å². The Morgan fingerprint density at radius 2 is 2.12 bits per heavy atom. The lowest BCUT2D eigenvalue weighted by Crippen LogP contribution is -2.37. The number of hydrogen-bond donors (Lipinski definition) is 1. The first-order valence-corrected chi connectivity index (χ1v) is 6.91. The van der Waals surface area contributed by atoms with Crippen LogP contribution in [0.25, 0.3) is 0 Å². The Hall–Kier alpha value is -0.540. The second kappa shape index (κ2) is 6.41. The molecule has 17 heavy (non-hydrogen) atoms. The summed E-state index contributed by atoms with van der Waals surface area (Å²) < 4.78 is 0.820. The van der Waals surface area contributed by atoms with Crippen LogP contribution in [0.4, 0.5) is 0 Å². The van der Waals surface area contributed by atoms with Gasteiger partial charge in [0.05, 0.1) is 5.56 Å². The number of alkyl halides is 1. The van der Waals surface area contributed by atoms with Crippen LogP contribution >= 0.6 is 27.5 Å². The van der Waals surface area contributed by atoms with Gasteiger partial charge >= 0.3 is 0 Å². The summed E-state index contributed by atoms with van der Waals surface area (Å²) in [5, 5.41) is 2.95. The van der Waals surface area contributed by atoms with Crippen LogP contribution in [0.1, 0.15) is 29.8 Å². The Balaban J connectivity index is 2.76. The average molecular weight is 319 g/mol. The van der Waals surface area contributed by atoms with E-state index in [2.05, 4.69) is 21.2 Å². The molecule has 0 aromatic heterocycles. The number of halogens is 2. The number of aryl methyl sites for hydroxylation is 1. The molecule has 2 nitrogen and oxygen atoms in total. The SMILES string of the molecule is Cc1ccc(C(=O)NC(C)C(C)CCl)c(Br)c1. The molecule has 0 aliphatic carbocycles. The summed E-state index contributed by atoms with van der Waals surface area (Å²) in [5.41, 5.74) is 1.78. The highest BCUT2D eigenvalue weighted by molar-refractivity contribution is 9.10. The highest BCUT2D eigenvalue weighted by atomic mass is 79.9. The zero-order valence-electron chi connectivity index (χ0n) is 10.3. The van der Waals surface area contributed by atoms with Crippen LogP contribution in [0.5, 0.6) is 0 Å². The number of hydrogen-bond acceptors (Lipinski definition) is 1. The van der Waals surface area contributed by atoms with Gasteiger partial charge in [0.2, 0.25) is 0 Å². The first-order chi connectivity index (χ1) is 7.95. The van der Waals surface area contributed by atoms with Gasteiger partial charge < -0.3 is 5.32 Å². The molecular weight excluding hydrogens is 302 g/mol. The van der Waals surface area contributed by atoms with Gasteiger partial charge in [-0.05, 0) is 53.4 Å². The Kier molecular flexibility index (Phi) is 5.47. The molecule has 1 amide bonds. The minimum Gasteiger partial charge on any atom is -0.349 e. The highest BCUT2D eigenvalue weighted by Gasteiger charge is 2.16. The summed E-state index contributed by atoms with van der Waals surface area (Å²) in [6.45, 7) is 5.97. The van der Waals surface area contributed by atoms with E-state index in [1.807, 2.05) is 39.0 Å². The van der Waals surface area contributed by atoms with Crippen molar-refractivity contribution >= 4 is 33.4 Å². The van der Waals surface area contributed by atoms with Gasteiger partial charge in [0.15, 0.2) is 0 Å². The zero-order valence-corrected chi connectivity index (χ0v) is 12.6. The highest BCUT2D eigenvalue weighted by Crippen LogP contribution is 2.18. The summed E-state index contributed by atoms with van der Waals surface area (Å²) in [5.74, 6) is 0.724. The van der Waals surface area contributed by atoms with Crippen molar-refractivity contribution in [3.05, 3.63) is 33.8 Å². The van der Waals surface area contributed by atoms with Gasteiger partial charge in [-0.3, -0.25) is 4.79 Å². The van der Waals surface area contributed by atoms with E-state index >= 15 is 0 Å². The van der Waals surface area contributed by atoms with Crippen molar-refractivity contribution in [2.45, 2.75) is 26.8 Å². The quantitative estimate of drug-likeness (QED) is 0.842. The Bertz CT molecular complexity index is 408. The summed E-state index contributed by atoms with van der Waals surface area (Å²) in [7, 11) is 0. The van der Waals surface area contributed by atoms with Gasteiger partial charge in [-0.15, -0.1) is 11.6 Å². The molecule has 1 aromatic rings. The van der Waals surface area contributed by atoms with Crippen LogP contribution in [0, 0.1) is 12.8 Å². The molecule has 0 bridgehead atoms. The molecule has 2 unspecified atom stereocenters. The molecule has 0 spiro atoms. The van der Waals surface area contributed by atoms with E-state index in [0.717, 1.165) is 10.0 Å². The standard InChI is InChI=1S/C13H17BrClNO/c1-8-4-5-11(12(14)6-8)13(17)16-10(3)9(2)7-15/h4-6,9-10H,7H2,1-3H3,(H,16,17). The number of carbonyl (C=O) groups is 1. The van der Waals surface area contributed by atoms with Gasteiger partial charge in [-0.25, -0.2) is 0 Å². The first kappa shape index (κ1) is 14.5. The van der Waals surface area contributed by atoms with Crippen LogP contribution in [0.2, 0.25) is 0 Å². The van der Waals surface area contributed by atoms with Gasteiger partial charge in [-0.2, -0.15) is 0 Å². The summed E-state index contributed by atoms with van der Waals surface area (Å²) in [6.07, 6.45) is 0. The maximum atomic E-state index is 12.0. The molecule has 0 saturated carbocycles. The van der Waals surface area contributed by atoms with Gasteiger partial charge in [-0.1, -0.05) is 13.0 Å². The lowest BCUT2D eigenvalue weighted by atomic mass is 10.1. The van der Waals surface area contributed by atoms with E-state index in [1.165, 1.54) is 0 Å². The van der Waals surface area contributed by atoms with Gasteiger partial charge in [0, 0.05) is 16.4 Å². The van der Waals surface area contributed by atoms with Crippen LogP contribution in [0.3, 0.4) is 0 Å². The van der Waals surface area contributed by atoms with Gasteiger partial charge in [0.1, 0.15) is 0 Å². The summed E-state index contributed by atoms with van der Waals surface area (Å²) in [4.78, 5) is 12.0. The van der Waals surface area contributed by atoms with E-state index in [-0.39, 0.29) is 17.9 Å². The fourth-order valence-corrected chi connectivity index (χ4v) is 2.31. The predicted octanol–water partition coefficient (Wildman–Crippen LogP) is 3.75. The monoisotopic (exact) mass is 317 g/mol. The number of carbonyl (C=O) groups excluding carboxylic acids is 1. The normalized spacial score (nSPS) is 14.2. The van der Waals surface area contributed by atoms with Crippen molar-refractivity contribution in [3.8, 4) is 0 Å². The number of nitrogens with one attached hydrogen (secondary N) is 1. The van der Waals surface area contributed by atoms with E-state index in [9.17, 15) is 4.79 Å². The molecule has 94 valence electrons.